The van der Waals surface area contributed by atoms with Gasteiger partial charge in [-0.25, -0.2) is 4.79 Å². The van der Waals surface area contributed by atoms with Crippen LogP contribution < -0.4 is 21.1 Å². The van der Waals surface area contributed by atoms with Gasteiger partial charge in [0.25, 0.3) is 5.91 Å². The zero-order valence-corrected chi connectivity index (χ0v) is 13.9. The second kappa shape index (κ2) is 7.99. The lowest BCUT2D eigenvalue weighted by molar-refractivity contribution is -0.126. The lowest BCUT2D eigenvalue weighted by Crippen LogP contribution is -2.45. The van der Waals surface area contributed by atoms with Gasteiger partial charge in [-0.05, 0) is 39.0 Å². The van der Waals surface area contributed by atoms with Crippen LogP contribution in [0, 0.1) is 0 Å². The summed E-state index contributed by atoms with van der Waals surface area (Å²) < 4.78 is 6.49. The summed E-state index contributed by atoms with van der Waals surface area (Å²) >= 11 is 3.37. The first-order valence-corrected chi connectivity index (χ1v) is 7.44. The van der Waals surface area contributed by atoms with Crippen LogP contribution in [0.5, 0.6) is 5.75 Å². The SMILES string of the molecule is CCNC(=O)NC(=O)C(C)Oc1ccc(Br)cc1C(C)N. The molecule has 0 aliphatic heterocycles. The van der Waals surface area contributed by atoms with Crippen molar-refractivity contribution in [3.63, 3.8) is 0 Å². The number of imide groups is 1. The van der Waals surface area contributed by atoms with E-state index in [4.69, 9.17) is 10.5 Å². The minimum absolute atomic E-state index is 0.240. The van der Waals surface area contributed by atoms with Crippen LogP contribution >= 0.6 is 15.9 Å². The zero-order valence-electron chi connectivity index (χ0n) is 12.3. The quantitative estimate of drug-likeness (QED) is 0.751. The Hall–Kier alpha value is -1.60. The number of nitrogens with one attached hydrogen (secondary N) is 2. The third-order valence-electron chi connectivity index (χ3n) is 2.71. The van der Waals surface area contributed by atoms with Gasteiger partial charge in [-0.3, -0.25) is 10.1 Å². The third-order valence-corrected chi connectivity index (χ3v) is 3.20. The molecular formula is C14H20BrN3O3. The van der Waals surface area contributed by atoms with Gasteiger partial charge in [0.15, 0.2) is 6.10 Å². The highest BCUT2D eigenvalue weighted by Gasteiger charge is 2.19. The molecule has 2 unspecified atom stereocenters. The Labute approximate surface area is 132 Å². The summed E-state index contributed by atoms with van der Waals surface area (Å²) in [6.07, 6.45) is -0.814. The van der Waals surface area contributed by atoms with Crippen molar-refractivity contribution in [3.05, 3.63) is 28.2 Å². The van der Waals surface area contributed by atoms with Crippen molar-refractivity contribution in [3.8, 4) is 5.75 Å². The van der Waals surface area contributed by atoms with Crippen molar-refractivity contribution in [2.45, 2.75) is 32.9 Å². The van der Waals surface area contributed by atoms with Gasteiger partial charge in [0.05, 0.1) is 0 Å². The fourth-order valence-corrected chi connectivity index (χ4v) is 2.02. The van der Waals surface area contributed by atoms with E-state index >= 15 is 0 Å². The smallest absolute Gasteiger partial charge is 0.321 e. The van der Waals surface area contributed by atoms with Gasteiger partial charge in [-0.1, -0.05) is 15.9 Å². The fourth-order valence-electron chi connectivity index (χ4n) is 1.64. The van der Waals surface area contributed by atoms with E-state index in [9.17, 15) is 9.59 Å². The number of carbonyl (C=O) groups excluding carboxylic acids is 2. The number of halogens is 1. The van der Waals surface area contributed by atoms with Crippen LogP contribution in [0.15, 0.2) is 22.7 Å². The lowest BCUT2D eigenvalue weighted by Gasteiger charge is -2.18. The second-order valence-corrected chi connectivity index (χ2v) is 5.50. The van der Waals surface area contributed by atoms with Crippen LogP contribution in [0.2, 0.25) is 0 Å². The Kier molecular flexibility index (Phi) is 6.64. The highest BCUT2D eigenvalue weighted by Crippen LogP contribution is 2.28. The monoisotopic (exact) mass is 357 g/mol. The molecule has 0 saturated carbocycles. The van der Waals surface area contributed by atoms with E-state index < -0.39 is 18.0 Å². The molecule has 4 N–H and O–H groups in total. The van der Waals surface area contributed by atoms with E-state index in [0.717, 1.165) is 10.0 Å². The molecule has 0 fully saturated rings. The maximum Gasteiger partial charge on any atom is 0.321 e. The molecule has 1 aromatic carbocycles. The van der Waals surface area contributed by atoms with Gasteiger partial charge >= 0.3 is 6.03 Å². The van der Waals surface area contributed by atoms with E-state index in [0.29, 0.717) is 12.3 Å². The molecule has 0 spiro atoms. The maximum absolute atomic E-state index is 11.8. The molecule has 3 amide bonds. The van der Waals surface area contributed by atoms with Crippen LogP contribution in [0.4, 0.5) is 4.79 Å². The summed E-state index contributed by atoms with van der Waals surface area (Å²) in [5.41, 5.74) is 6.67. The van der Waals surface area contributed by atoms with Gasteiger partial charge in [0, 0.05) is 22.6 Å². The van der Waals surface area contributed by atoms with Crippen molar-refractivity contribution in [2.24, 2.45) is 5.73 Å². The van der Waals surface area contributed by atoms with E-state index in [1.807, 2.05) is 13.0 Å². The molecule has 0 aliphatic rings. The molecule has 7 heteroatoms. The second-order valence-electron chi connectivity index (χ2n) is 4.58. The molecule has 0 saturated heterocycles. The minimum atomic E-state index is -0.814. The molecular weight excluding hydrogens is 338 g/mol. The van der Waals surface area contributed by atoms with Crippen LogP contribution in [0.3, 0.4) is 0 Å². The Morgan fingerprint density at radius 3 is 2.62 bits per heavy atom. The van der Waals surface area contributed by atoms with E-state index in [1.165, 1.54) is 0 Å². The first-order valence-electron chi connectivity index (χ1n) is 6.65. The Bertz CT molecular complexity index is 520. The summed E-state index contributed by atoms with van der Waals surface area (Å²) in [5, 5.41) is 4.69. The largest absolute Gasteiger partial charge is 0.481 e. The van der Waals surface area contributed by atoms with Crippen molar-refractivity contribution in [2.75, 3.05) is 6.54 Å². The maximum atomic E-state index is 11.8. The zero-order chi connectivity index (χ0) is 16.0. The number of carbonyl (C=O) groups is 2. The summed E-state index contributed by atoms with van der Waals surface area (Å²) in [6, 6.07) is 4.60. The first-order chi connectivity index (χ1) is 9.85. The van der Waals surface area contributed by atoms with Crippen LogP contribution in [-0.4, -0.2) is 24.6 Å². The van der Waals surface area contributed by atoms with Gasteiger partial charge in [-0.15, -0.1) is 0 Å². The lowest BCUT2D eigenvalue weighted by atomic mass is 10.1. The van der Waals surface area contributed by atoms with Crippen molar-refractivity contribution in [1.82, 2.24) is 10.6 Å². The summed E-state index contributed by atoms with van der Waals surface area (Å²) in [4.78, 5) is 23.1. The topological polar surface area (TPSA) is 93.5 Å². The molecule has 21 heavy (non-hydrogen) atoms. The number of hydrogen-bond donors (Lipinski definition) is 3. The number of hydrogen-bond acceptors (Lipinski definition) is 4. The van der Waals surface area contributed by atoms with Gasteiger partial charge in [0.2, 0.25) is 0 Å². The summed E-state index contributed by atoms with van der Waals surface area (Å²) in [7, 11) is 0. The average molecular weight is 358 g/mol. The number of ether oxygens (including phenoxy) is 1. The number of nitrogens with two attached hydrogens (primary N) is 1. The third kappa shape index (κ3) is 5.35. The molecule has 0 radical (unpaired) electrons. The average Bonchev–Trinajstić information content (AvgIpc) is 2.40. The number of amides is 3. The van der Waals surface area contributed by atoms with E-state index in [-0.39, 0.29) is 6.04 Å². The number of benzene rings is 1. The Morgan fingerprint density at radius 2 is 2.05 bits per heavy atom. The predicted octanol–water partition coefficient (Wildman–Crippen LogP) is 2.08. The number of urea groups is 1. The molecule has 0 bridgehead atoms. The van der Waals surface area contributed by atoms with Gasteiger partial charge in [0.1, 0.15) is 5.75 Å². The first kappa shape index (κ1) is 17.5. The van der Waals surface area contributed by atoms with E-state index in [2.05, 4.69) is 26.6 Å². The number of rotatable bonds is 5. The molecule has 1 aromatic rings. The van der Waals surface area contributed by atoms with Crippen molar-refractivity contribution >= 4 is 27.9 Å². The standard InChI is InChI=1S/C14H20BrN3O3/c1-4-17-14(20)18-13(19)9(3)21-12-6-5-10(15)7-11(12)8(2)16/h5-9H,4,16H2,1-3H3,(H2,17,18,19,20). The predicted molar refractivity (Wildman–Crippen MR) is 84.0 cm³/mol. The molecule has 116 valence electrons. The minimum Gasteiger partial charge on any atom is -0.481 e. The summed E-state index contributed by atoms with van der Waals surface area (Å²) in [5.74, 6) is 0.00578. The van der Waals surface area contributed by atoms with Crippen LogP contribution in [-0.2, 0) is 4.79 Å². The highest BCUT2D eigenvalue weighted by molar-refractivity contribution is 9.10. The van der Waals surface area contributed by atoms with Crippen molar-refractivity contribution < 1.29 is 14.3 Å². The normalized spacial score (nSPS) is 13.2. The van der Waals surface area contributed by atoms with Crippen LogP contribution in [0.25, 0.3) is 0 Å². The molecule has 1 rings (SSSR count). The van der Waals surface area contributed by atoms with E-state index in [1.54, 1.807) is 26.0 Å². The van der Waals surface area contributed by atoms with Gasteiger partial charge < -0.3 is 15.8 Å². The highest BCUT2D eigenvalue weighted by atomic mass is 79.9. The van der Waals surface area contributed by atoms with Gasteiger partial charge in [-0.2, -0.15) is 0 Å². The fraction of sp³-hybridized carbons (Fsp3) is 0.429. The molecule has 0 aromatic heterocycles. The Balaban J connectivity index is 2.76. The molecule has 0 aliphatic carbocycles. The van der Waals surface area contributed by atoms with Crippen molar-refractivity contribution in [1.29, 1.82) is 0 Å². The summed E-state index contributed by atoms with van der Waals surface area (Å²) in [6.45, 7) is 5.60. The molecule has 0 heterocycles. The Morgan fingerprint density at radius 1 is 1.38 bits per heavy atom. The molecule has 6 nitrogen and oxygen atoms in total. The molecule has 2 atom stereocenters. The van der Waals surface area contributed by atoms with Crippen LogP contribution in [0.1, 0.15) is 32.4 Å².